The van der Waals surface area contributed by atoms with Gasteiger partial charge in [0.2, 0.25) is 10.0 Å². The SMILES string of the molecule is C[C@H](Oc1ccccc1F)C(=O)NNC(=O)c1cccc(S(=O)(=O)N2CCN(C)CC2)c1. The van der Waals surface area contributed by atoms with Crippen LogP contribution in [0.1, 0.15) is 17.3 Å². The van der Waals surface area contributed by atoms with Gasteiger partial charge in [-0.15, -0.1) is 0 Å². The van der Waals surface area contributed by atoms with Crippen LogP contribution in [0.25, 0.3) is 0 Å². The van der Waals surface area contributed by atoms with Crippen LogP contribution in [-0.2, 0) is 14.8 Å². The second-order valence-corrected chi connectivity index (χ2v) is 9.31. The summed E-state index contributed by atoms with van der Waals surface area (Å²) in [6.07, 6.45) is -1.09. The molecule has 0 bridgehead atoms. The van der Waals surface area contributed by atoms with Crippen molar-refractivity contribution in [3.8, 4) is 5.75 Å². The van der Waals surface area contributed by atoms with Crippen molar-refractivity contribution in [2.75, 3.05) is 33.2 Å². The molecule has 1 heterocycles. The zero-order chi connectivity index (χ0) is 23.3. The van der Waals surface area contributed by atoms with Crippen molar-refractivity contribution >= 4 is 21.8 Å². The van der Waals surface area contributed by atoms with Gasteiger partial charge in [0.05, 0.1) is 4.90 Å². The molecule has 0 unspecified atom stereocenters. The first-order chi connectivity index (χ1) is 15.2. The molecule has 3 rings (SSSR count). The lowest BCUT2D eigenvalue weighted by Crippen LogP contribution is -2.47. The van der Waals surface area contributed by atoms with Gasteiger partial charge in [0.25, 0.3) is 11.8 Å². The predicted octanol–water partition coefficient (Wildman–Crippen LogP) is 0.990. The van der Waals surface area contributed by atoms with E-state index in [2.05, 4.69) is 10.9 Å². The van der Waals surface area contributed by atoms with E-state index in [1.165, 1.54) is 53.7 Å². The predicted molar refractivity (Wildman–Crippen MR) is 115 cm³/mol. The van der Waals surface area contributed by atoms with E-state index in [1.807, 2.05) is 11.9 Å². The summed E-state index contributed by atoms with van der Waals surface area (Å²) in [7, 11) is -1.82. The molecule has 2 N–H and O–H groups in total. The topological polar surface area (TPSA) is 108 Å². The first-order valence-electron chi connectivity index (χ1n) is 9.98. The number of benzene rings is 2. The third-order valence-corrected chi connectivity index (χ3v) is 6.90. The highest BCUT2D eigenvalue weighted by atomic mass is 32.2. The van der Waals surface area contributed by atoms with Crippen LogP contribution in [-0.4, -0.2) is 68.8 Å². The summed E-state index contributed by atoms with van der Waals surface area (Å²) in [6, 6.07) is 11.2. The van der Waals surface area contributed by atoms with Crippen LogP contribution in [0.3, 0.4) is 0 Å². The number of hydrazine groups is 1. The van der Waals surface area contributed by atoms with E-state index in [1.54, 1.807) is 6.07 Å². The first-order valence-corrected chi connectivity index (χ1v) is 11.4. The summed E-state index contributed by atoms with van der Waals surface area (Å²) in [5.41, 5.74) is 4.47. The number of nitrogens with one attached hydrogen (secondary N) is 2. The average Bonchev–Trinajstić information content (AvgIpc) is 2.79. The van der Waals surface area contributed by atoms with Gasteiger partial charge in [-0.05, 0) is 44.3 Å². The molecule has 1 saturated heterocycles. The summed E-state index contributed by atoms with van der Waals surface area (Å²) in [4.78, 5) is 26.6. The Kier molecular flexibility index (Phi) is 7.44. The Hall–Kier alpha value is -3.02. The third-order valence-electron chi connectivity index (χ3n) is 5.01. The summed E-state index contributed by atoms with van der Waals surface area (Å²) in [6.45, 7) is 3.38. The second kappa shape index (κ2) is 10.1. The van der Waals surface area contributed by atoms with Crippen LogP contribution in [0.5, 0.6) is 5.75 Å². The number of hydrogen-bond donors (Lipinski definition) is 2. The van der Waals surface area contributed by atoms with E-state index in [0.717, 1.165) is 0 Å². The molecule has 1 aliphatic heterocycles. The highest BCUT2D eigenvalue weighted by molar-refractivity contribution is 7.89. The molecule has 11 heteroatoms. The molecular formula is C21H25FN4O5S. The van der Waals surface area contributed by atoms with Crippen LogP contribution in [0.2, 0.25) is 0 Å². The maximum absolute atomic E-state index is 13.7. The Bertz CT molecular complexity index is 1090. The van der Waals surface area contributed by atoms with Crippen molar-refractivity contribution in [1.29, 1.82) is 0 Å². The van der Waals surface area contributed by atoms with Crippen molar-refractivity contribution in [2.45, 2.75) is 17.9 Å². The van der Waals surface area contributed by atoms with Crippen LogP contribution in [0.15, 0.2) is 53.4 Å². The van der Waals surface area contributed by atoms with E-state index in [0.29, 0.717) is 26.2 Å². The van der Waals surface area contributed by atoms with Crippen LogP contribution in [0.4, 0.5) is 4.39 Å². The van der Waals surface area contributed by atoms with Gasteiger partial charge in [0.15, 0.2) is 17.7 Å². The Morgan fingerprint density at radius 2 is 1.72 bits per heavy atom. The van der Waals surface area contributed by atoms with Gasteiger partial charge in [0.1, 0.15) is 0 Å². The van der Waals surface area contributed by atoms with E-state index < -0.39 is 33.8 Å². The number of likely N-dealkylation sites (N-methyl/N-ethyl adjacent to an activating group) is 1. The van der Waals surface area contributed by atoms with E-state index >= 15 is 0 Å². The monoisotopic (exact) mass is 464 g/mol. The molecule has 32 heavy (non-hydrogen) atoms. The molecule has 1 atom stereocenters. The van der Waals surface area contributed by atoms with Crippen molar-refractivity contribution in [1.82, 2.24) is 20.1 Å². The molecule has 172 valence electrons. The zero-order valence-electron chi connectivity index (χ0n) is 17.7. The minimum absolute atomic E-state index is 0.00252. The Morgan fingerprint density at radius 3 is 2.41 bits per heavy atom. The summed E-state index contributed by atoms with van der Waals surface area (Å²) >= 11 is 0. The summed E-state index contributed by atoms with van der Waals surface area (Å²) in [5, 5.41) is 0. The maximum atomic E-state index is 13.7. The van der Waals surface area contributed by atoms with Gasteiger partial charge >= 0.3 is 0 Å². The number of ether oxygens (including phenoxy) is 1. The number of nitrogens with zero attached hydrogens (tertiary/aromatic N) is 2. The van der Waals surface area contributed by atoms with Crippen molar-refractivity contribution in [2.24, 2.45) is 0 Å². The molecule has 0 aliphatic carbocycles. The molecule has 2 aromatic carbocycles. The Balaban J connectivity index is 1.61. The summed E-state index contributed by atoms with van der Waals surface area (Å²) in [5.74, 6) is -2.12. The molecular weight excluding hydrogens is 439 g/mol. The van der Waals surface area contributed by atoms with Crippen LogP contribution < -0.4 is 15.6 Å². The highest BCUT2D eigenvalue weighted by Crippen LogP contribution is 2.19. The quantitative estimate of drug-likeness (QED) is 0.618. The van der Waals surface area contributed by atoms with Gasteiger partial charge in [-0.25, -0.2) is 12.8 Å². The lowest BCUT2D eigenvalue weighted by molar-refractivity contribution is -0.128. The molecule has 2 aromatic rings. The number of amides is 2. The largest absolute Gasteiger partial charge is 0.478 e. The van der Waals surface area contributed by atoms with Gasteiger partial charge < -0.3 is 9.64 Å². The van der Waals surface area contributed by atoms with Gasteiger partial charge in [0, 0.05) is 31.7 Å². The number of rotatable bonds is 6. The lowest BCUT2D eigenvalue weighted by atomic mass is 10.2. The maximum Gasteiger partial charge on any atom is 0.279 e. The number of sulfonamides is 1. The fourth-order valence-corrected chi connectivity index (χ4v) is 4.52. The molecule has 1 fully saturated rings. The number of hydrogen-bond acceptors (Lipinski definition) is 6. The Morgan fingerprint density at radius 1 is 1.03 bits per heavy atom. The number of piperazine rings is 1. The lowest BCUT2D eigenvalue weighted by Gasteiger charge is -2.31. The van der Waals surface area contributed by atoms with E-state index in [9.17, 15) is 22.4 Å². The summed E-state index contributed by atoms with van der Waals surface area (Å²) < 4.78 is 46.1. The van der Waals surface area contributed by atoms with Crippen molar-refractivity contribution in [3.05, 3.63) is 59.9 Å². The van der Waals surface area contributed by atoms with Crippen molar-refractivity contribution < 1.29 is 27.1 Å². The molecule has 1 aliphatic rings. The molecule has 0 aromatic heterocycles. The molecule has 0 radical (unpaired) electrons. The number of carbonyl (C=O) groups is 2. The number of carbonyl (C=O) groups excluding carboxylic acids is 2. The zero-order valence-corrected chi connectivity index (χ0v) is 18.6. The van der Waals surface area contributed by atoms with Crippen LogP contribution >= 0.6 is 0 Å². The smallest absolute Gasteiger partial charge is 0.279 e. The average molecular weight is 465 g/mol. The molecule has 0 spiro atoms. The molecule has 2 amide bonds. The minimum Gasteiger partial charge on any atom is -0.478 e. The fourth-order valence-electron chi connectivity index (χ4n) is 3.05. The number of para-hydroxylation sites is 1. The standard InChI is InChI=1S/C21H25FN4O5S/c1-15(31-19-9-4-3-8-18(19)22)20(27)23-24-21(28)16-6-5-7-17(14-16)32(29,30)26-12-10-25(2)11-13-26/h3-9,14-15H,10-13H2,1-2H3,(H,23,27)(H,24,28)/t15-/m0/s1. The highest BCUT2D eigenvalue weighted by Gasteiger charge is 2.28. The minimum atomic E-state index is -3.74. The number of halogens is 1. The second-order valence-electron chi connectivity index (χ2n) is 7.37. The van der Waals surface area contributed by atoms with Crippen LogP contribution in [0, 0.1) is 5.82 Å². The van der Waals surface area contributed by atoms with Gasteiger partial charge in [-0.2, -0.15) is 4.31 Å². The third kappa shape index (κ3) is 5.61. The molecule has 0 saturated carbocycles. The van der Waals surface area contributed by atoms with E-state index in [-0.39, 0.29) is 16.2 Å². The van der Waals surface area contributed by atoms with E-state index in [4.69, 9.17) is 4.74 Å². The van der Waals surface area contributed by atoms with Crippen molar-refractivity contribution in [3.63, 3.8) is 0 Å². The van der Waals surface area contributed by atoms with Gasteiger partial charge in [-0.3, -0.25) is 20.4 Å². The Labute approximate surface area is 186 Å². The fraction of sp³-hybridized carbons (Fsp3) is 0.333. The normalized spacial score (nSPS) is 16.2. The first kappa shape index (κ1) is 23.6. The molecule has 9 nitrogen and oxygen atoms in total. The van der Waals surface area contributed by atoms with Gasteiger partial charge in [-0.1, -0.05) is 18.2 Å².